The first-order chi connectivity index (χ1) is 5.11. The molecule has 0 bridgehead atoms. The number of nitrogens with two attached hydrogens (primary N) is 1. The first kappa shape index (κ1) is 9.92. The second-order valence-electron chi connectivity index (χ2n) is 2.45. The summed E-state index contributed by atoms with van der Waals surface area (Å²) >= 11 is 0. The maximum absolute atomic E-state index is 5.48. The van der Waals surface area contributed by atoms with Gasteiger partial charge in [-0.05, 0) is 18.1 Å². The highest BCUT2D eigenvalue weighted by atomic mass is 14.5. The Kier molecular flexibility index (Phi) is 4.23. The summed E-state index contributed by atoms with van der Waals surface area (Å²) in [4.78, 5) is 0. The van der Waals surface area contributed by atoms with E-state index >= 15 is 0 Å². The van der Waals surface area contributed by atoms with Crippen molar-refractivity contribution in [2.45, 2.75) is 6.92 Å². The van der Waals surface area contributed by atoms with Crippen molar-refractivity contribution in [1.29, 1.82) is 0 Å². The second kappa shape index (κ2) is 4.69. The fourth-order valence-corrected chi connectivity index (χ4v) is 0.711. The highest BCUT2D eigenvalue weighted by Gasteiger charge is 1.94. The third-order valence-electron chi connectivity index (χ3n) is 1.30. The Morgan fingerprint density at radius 2 is 2.00 bits per heavy atom. The van der Waals surface area contributed by atoms with Crippen molar-refractivity contribution in [2.24, 2.45) is 5.73 Å². The van der Waals surface area contributed by atoms with Gasteiger partial charge in [-0.25, -0.2) is 0 Å². The van der Waals surface area contributed by atoms with E-state index in [-0.39, 0.29) is 0 Å². The largest absolute Gasteiger partial charge is 0.326 e. The molecule has 0 aromatic carbocycles. The predicted molar refractivity (Wildman–Crippen MR) is 51.3 cm³/mol. The molecule has 0 radical (unpaired) electrons. The van der Waals surface area contributed by atoms with Crippen molar-refractivity contribution < 1.29 is 0 Å². The average Bonchev–Trinajstić information content (AvgIpc) is 1.98. The van der Waals surface area contributed by atoms with E-state index in [4.69, 9.17) is 5.73 Å². The van der Waals surface area contributed by atoms with E-state index in [1.54, 1.807) is 6.08 Å². The lowest BCUT2D eigenvalue weighted by Crippen LogP contribution is -2.04. The molecule has 1 nitrogen and oxygen atoms in total. The molecule has 0 aliphatic heterocycles. The minimum atomic E-state index is 0.484. The van der Waals surface area contributed by atoms with Crippen LogP contribution >= 0.6 is 0 Å². The minimum absolute atomic E-state index is 0.484. The maximum atomic E-state index is 5.48. The standard InChI is InChI=1S/C10H15N/c1-5-9(4)10(7-11)6-8(2)3/h5-6H,1-2,4,7,11H2,3H3/b10-6-. The van der Waals surface area contributed by atoms with Gasteiger partial charge in [-0.15, -0.1) is 0 Å². The number of allylic oxidation sites excluding steroid dienone is 3. The molecule has 0 heterocycles. The van der Waals surface area contributed by atoms with Gasteiger partial charge >= 0.3 is 0 Å². The third kappa shape index (κ3) is 3.58. The quantitative estimate of drug-likeness (QED) is 0.609. The van der Waals surface area contributed by atoms with E-state index < -0.39 is 0 Å². The van der Waals surface area contributed by atoms with Crippen LogP contribution in [0.3, 0.4) is 0 Å². The lowest BCUT2D eigenvalue weighted by Gasteiger charge is -2.02. The molecule has 0 saturated carbocycles. The van der Waals surface area contributed by atoms with E-state index in [1.165, 1.54) is 0 Å². The molecule has 0 aromatic rings. The Morgan fingerprint density at radius 1 is 1.45 bits per heavy atom. The van der Waals surface area contributed by atoms with Gasteiger partial charge < -0.3 is 5.73 Å². The molecule has 0 rings (SSSR count). The van der Waals surface area contributed by atoms with Crippen molar-refractivity contribution in [1.82, 2.24) is 0 Å². The SMILES string of the molecule is C=CC(=C)/C(=C\C(=C)C)CN. The molecular formula is C10H15N. The molecule has 0 aliphatic carbocycles. The van der Waals surface area contributed by atoms with E-state index in [2.05, 4.69) is 19.7 Å². The summed E-state index contributed by atoms with van der Waals surface area (Å²) in [5.74, 6) is 0. The zero-order chi connectivity index (χ0) is 8.85. The molecule has 0 aliphatic rings. The van der Waals surface area contributed by atoms with Crippen LogP contribution in [0.25, 0.3) is 0 Å². The molecule has 0 spiro atoms. The van der Waals surface area contributed by atoms with Crippen LogP contribution in [0, 0.1) is 0 Å². The molecule has 0 aromatic heterocycles. The van der Waals surface area contributed by atoms with Crippen LogP contribution in [0.15, 0.2) is 48.6 Å². The second-order valence-corrected chi connectivity index (χ2v) is 2.45. The molecule has 0 saturated heterocycles. The molecule has 1 heteroatoms. The van der Waals surface area contributed by atoms with E-state index in [0.717, 1.165) is 16.7 Å². The smallest absolute Gasteiger partial charge is 0.0183 e. The Hall–Kier alpha value is -1.08. The van der Waals surface area contributed by atoms with Gasteiger partial charge in [0.2, 0.25) is 0 Å². The summed E-state index contributed by atoms with van der Waals surface area (Å²) in [7, 11) is 0. The number of hydrogen-bond acceptors (Lipinski definition) is 1. The summed E-state index contributed by atoms with van der Waals surface area (Å²) in [5, 5.41) is 0. The summed E-state index contributed by atoms with van der Waals surface area (Å²) in [6, 6.07) is 0. The van der Waals surface area contributed by atoms with Crippen molar-refractivity contribution >= 4 is 0 Å². The molecule has 0 unspecified atom stereocenters. The highest BCUT2D eigenvalue weighted by molar-refractivity contribution is 5.40. The summed E-state index contributed by atoms with van der Waals surface area (Å²) in [5.41, 5.74) is 8.32. The third-order valence-corrected chi connectivity index (χ3v) is 1.30. The fraction of sp³-hybridized carbons (Fsp3) is 0.200. The Bertz CT molecular complexity index is 209. The van der Waals surface area contributed by atoms with Crippen molar-refractivity contribution in [3.8, 4) is 0 Å². The molecule has 0 fully saturated rings. The van der Waals surface area contributed by atoms with Crippen LogP contribution in [-0.2, 0) is 0 Å². The Balaban J connectivity index is 4.52. The van der Waals surface area contributed by atoms with Gasteiger partial charge in [0.15, 0.2) is 0 Å². The van der Waals surface area contributed by atoms with Gasteiger partial charge in [0.1, 0.15) is 0 Å². The van der Waals surface area contributed by atoms with E-state index in [1.807, 2.05) is 13.0 Å². The predicted octanol–water partition coefficient (Wildman–Crippen LogP) is 2.19. The van der Waals surface area contributed by atoms with Gasteiger partial charge in [0.05, 0.1) is 0 Å². The van der Waals surface area contributed by atoms with Gasteiger partial charge in [-0.2, -0.15) is 0 Å². The number of rotatable bonds is 4. The summed E-state index contributed by atoms with van der Waals surface area (Å²) in [6.45, 7) is 13.6. The van der Waals surface area contributed by atoms with E-state index in [0.29, 0.717) is 6.54 Å². The molecule has 0 atom stereocenters. The monoisotopic (exact) mass is 149 g/mol. The van der Waals surface area contributed by atoms with Crippen LogP contribution in [0.4, 0.5) is 0 Å². The highest BCUT2D eigenvalue weighted by Crippen LogP contribution is 2.08. The lowest BCUT2D eigenvalue weighted by molar-refractivity contribution is 1.16. The Morgan fingerprint density at radius 3 is 2.27 bits per heavy atom. The van der Waals surface area contributed by atoms with E-state index in [9.17, 15) is 0 Å². The van der Waals surface area contributed by atoms with Crippen LogP contribution in [0.2, 0.25) is 0 Å². The molecular weight excluding hydrogens is 134 g/mol. The lowest BCUT2D eigenvalue weighted by atomic mass is 10.1. The Labute approximate surface area is 68.6 Å². The van der Waals surface area contributed by atoms with Gasteiger partial charge in [-0.3, -0.25) is 0 Å². The van der Waals surface area contributed by atoms with Gasteiger partial charge in [-0.1, -0.05) is 37.5 Å². The molecule has 0 amide bonds. The average molecular weight is 149 g/mol. The molecule has 2 N–H and O–H groups in total. The minimum Gasteiger partial charge on any atom is -0.326 e. The molecule has 11 heavy (non-hydrogen) atoms. The van der Waals surface area contributed by atoms with Crippen LogP contribution < -0.4 is 5.73 Å². The van der Waals surface area contributed by atoms with Crippen LogP contribution in [0.5, 0.6) is 0 Å². The first-order valence-corrected chi connectivity index (χ1v) is 3.49. The first-order valence-electron chi connectivity index (χ1n) is 3.49. The maximum Gasteiger partial charge on any atom is 0.0183 e. The van der Waals surface area contributed by atoms with Crippen LogP contribution in [0.1, 0.15) is 6.92 Å². The summed E-state index contributed by atoms with van der Waals surface area (Å²) in [6.07, 6.45) is 3.62. The zero-order valence-electron chi connectivity index (χ0n) is 7.06. The number of hydrogen-bond donors (Lipinski definition) is 1. The van der Waals surface area contributed by atoms with Crippen molar-refractivity contribution in [3.63, 3.8) is 0 Å². The normalized spacial score (nSPS) is 10.9. The van der Waals surface area contributed by atoms with Crippen molar-refractivity contribution in [2.75, 3.05) is 6.54 Å². The zero-order valence-corrected chi connectivity index (χ0v) is 7.06. The summed E-state index contributed by atoms with van der Waals surface area (Å²) < 4.78 is 0. The topological polar surface area (TPSA) is 26.0 Å². The van der Waals surface area contributed by atoms with Gasteiger partial charge in [0, 0.05) is 6.54 Å². The van der Waals surface area contributed by atoms with Crippen LogP contribution in [-0.4, -0.2) is 6.54 Å². The fourth-order valence-electron chi connectivity index (χ4n) is 0.711. The van der Waals surface area contributed by atoms with Gasteiger partial charge in [0.25, 0.3) is 0 Å². The molecule has 60 valence electrons. The van der Waals surface area contributed by atoms with Crippen molar-refractivity contribution in [3.05, 3.63) is 48.6 Å².